The molecule has 0 atom stereocenters. The molecule has 1 aromatic heterocycles. The van der Waals surface area contributed by atoms with E-state index in [1.54, 1.807) is 0 Å². The summed E-state index contributed by atoms with van der Waals surface area (Å²) in [4.78, 5) is 2.43. The number of hydrogen-bond acceptors (Lipinski definition) is 2. The van der Waals surface area contributed by atoms with E-state index in [4.69, 9.17) is 4.42 Å². The SMILES string of the molecule is C1=c2oc3cc(N(c4ccccc4-c4ccccc4)c4cc5c6ccccc6ccc5c5ccccc45)ccc3c2=CCC1. The van der Waals surface area contributed by atoms with Crippen molar-refractivity contribution in [3.05, 3.63) is 150 Å². The third-order valence-electron chi connectivity index (χ3n) is 9.06. The van der Waals surface area contributed by atoms with Crippen molar-refractivity contribution in [1.29, 1.82) is 0 Å². The molecule has 9 rings (SSSR count). The Morgan fingerprint density at radius 1 is 0.477 bits per heavy atom. The highest BCUT2D eigenvalue weighted by atomic mass is 16.3. The molecule has 208 valence electrons. The zero-order valence-electron chi connectivity index (χ0n) is 24.2. The topological polar surface area (TPSA) is 16.4 Å². The predicted octanol–water partition coefficient (Wildman–Crippen LogP) is 10.4. The van der Waals surface area contributed by atoms with Crippen LogP contribution in [-0.2, 0) is 0 Å². The van der Waals surface area contributed by atoms with E-state index in [1.165, 1.54) is 54.0 Å². The minimum Gasteiger partial charge on any atom is -0.456 e. The summed E-state index contributed by atoms with van der Waals surface area (Å²) in [5.74, 6) is 0. The monoisotopic (exact) mass is 563 g/mol. The number of para-hydroxylation sites is 1. The summed E-state index contributed by atoms with van der Waals surface area (Å²) in [6.07, 6.45) is 6.61. The Bertz CT molecular complexity index is 2500. The molecule has 8 aromatic rings. The van der Waals surface area contributed by atoms with Crippen molar-refractivity contribution in [3.8, 4) is 11.1 Å². The maximum atomic E-state index is 6.47. The molecular formula is C42H29NO. The average Bonchev–Trinajstić information content (AvgIpc) is 3.47. The third-order valence-corrected chi connectivity index (χ3v) is 9.06. The van der Waals surface area contributed by atoms with Crippen LogP contribution in [0, 0.1) is 0 Å². The fourth-order valence-corrected chi connectivity index (χ4v) is 7.03. The van der Waals surface area contributed by atoms with Gasteiger partial charge in [0.2, 0.25) is 0 Å². The molecule has 0 bridgehead atoms. The van der Waals surface area contributed by atoms with Gasteiger partial charge in [0.15, 0.2) is 0 Å². The first-order chi connectivity index (χ1) is 21.8. The van der Waals surface area contributed by atoms with Gasteiger partial charge in [-0.05, 0) is 75.7 Å². The lowest BCUT2D eigenvalue weighted by Gasteiger charge is -2.29. The summed E-state index contributed by atoms with van der Waals surface area (Å²) in [5.41, 5.74) is 7.59. The summed E-state index contributed by atoms with van der Waals surface area (Å²) in [6, 6.07) is 50.5. The Morgan fingerprint density at radius 2 is 1.18 bits per heavy atom. The van der Waals surface area contributed by atoms with Crippen LogP contribution in [-0.4, -0.2) is 0 Å². The minimum atomic E-state index is 0.916. The van der Waals surface area contributed by atoms with Crippen LogP contribution >= 0.6 is 0 Å². The molecule has 44 heavy (non-hydrogen) atoms. The molecular weight excluding hydrogens is 534 g/mol. The number of benzene rings is 7. The van der Waals surface area contributed by atoms with E-state index in [2.05, 4.69) is 157 Å². The van der Waals surface area contributed by atoms with Crippen LogP contribution in [0.15, 0.2) is 144 Å². The summed E-state index contributed by atoms with van der Waals surface area (Å²) in [7, 11) is 0. The van der Waals surface area contributed by atoms with Gasteiger partial charge >= 0.3 is 0 Å². The van der Waals surface area contributed by atoms with E-state index in [9.17, 15) is 0 Å². The molecule has 1 aliphatic rings. The van der Waals surface area contributed by atoms with Gasteiger partial charge in [-0.15, -0.1) is 0 Å². The van der Waals surface area contributed by atoms with Gasteiger partial charge in [-0.3, -0.25) is 0 Å². The second-order valence-corrected chi connectivity index (χ2v) is 11.6. The van der Waals surface area contributed by atoms with Crippen LogP contribution in [0.2, 0.25) is 0 Å². The molecule has 0 amide bonds. The van der Waals surface area contributed by atoms with Gasteiger partial charge in [-0.1, -0.05) is 115 Å². The van der Waals surface area contributed by atoms with Gasteiger partial charge in [-0.2, -0.15) is 0 Å². The second-order valence-electron chi connectivity index (χ2n) is 11.6. The summed E-state index contributed by atoms with van der Waals surface area (Å²) in [5, 5.41) is 9.85. The first-order valence-corrected chi connectivity index (χ1v) is 15.3. The minimum absolute atomic E-state index is 0.916. The highest BCUT2D eigenvalue weighted by Gasteiger charge is 2.22. The van der Waals surface area contributed by atoms with E-state index in [0.717, 1.165) is 40.9 Å². The second kappa shape index (κ2) is 10.00. The lowest BCUT2D eigenvalue weighted by molar-refractivity contribution is 0.572. The Kier molecular flexibility index (Phi) is 5.67. The van der Waals surface area contributed by atoms with Crippen LogP contribution in [0.5, 0.6) is 0 Å². The van der Waals surface area contributed by atoms with E-state index in [-0.39, 0.29) is 0 Å². The normalized spacial score (nSPS) is 12.7. The zero-order chi connectivity index (χ0) is 29.0. The Hall–Kier alpha value is -5.60. The smallest absolute Gasteiger partial charge is 0.137 e. The van der Waals surface area contributed by atoms with E-state index < -0.39 is 0 Å². The fourth-order valence-electron chi connectivity index (χ4n) is 7.03. The Morgan fingerprint density at radius 3 is 2.09 bits per heavy atom. The van der Waals surface area contributed by atoms with Crippen LogP contribution in [0.4, 0.5) is 17.1 Å². The quantitative estimate of drug-likeness (QED) is 0.198. The molecule has 1 aliphatic carbocycles. The van der Waals surface area contributed by atoms with Gasteiger partial charge in [0.1, 0.15) is 11.0 Å². The van der Waals surface area contributed by atoms with Crippen molar-refractivity contribution in [2.24, 2.45) is 0 Å². The van der Waals surface area contributed by atoms with Gasteiger partial charge in [-0.25, -0.2) is 0 Å². The molecule has 1 heterocycles. The molecule has 0 unspecified atom stereocenters. The van der Waals surface area contributed by atoms with Crippen LogP contribution in [0.3, 0.4) is 0 Å². The lowest BCUT2D eigenvalue weighted by Crippen LogP contribution is -2.22. The molecule has 2 heteroatoms. The molecule has 0 saturated heterocycles. The van der Waals surface area contributed by atoms with Crippen molar-refractivity contribution < 1.29 is 4.42 Å². The van der Waals surface area contributed by atoms with Gasteiger partial charge in [0, 0.05) is 33.3 Å². The Balaban J connectivity index is 1.40. The van der Waals surface area contributed by atoms with Crippen LogP contribution in [0.1, 0.15) is 12.8 Å². The van der Waals surface area contributed by atoms with Gasteiger partial charge in [0.05, 0.1) is 11.4 Å². The lowest BCUT2D eigenvalue weighted by atomic mass is 9.94. The predicted molar refractivity (Wildman–Crippen MR) is 186 cm³/mol. The van der Waals surface area contributed by atoms with Crippen LogP contribution in [0.25, 0.3) is 66.6 Å². The number of nitrogens with zero attached hydrogens (tertiary/aromatic N) is 1. The molecule has 2 nitrogen and oxygen atoms in total. The van der Waals surface area contributed by atoms with Gasteiger partial charge < -0.3 is 9.32 Å². The van der Waals surface area contributed by atoms with Gasteiger partial charge in [0.25, 0.3) is 0 Å². The van der Waals surface area contributed by atoms with E-state index >= 15 is 0 Å². The molecule has 0 saturated carbocycles. The zero-order valence-corrected chi connectivity index (χ0v) is 24.2. The van der Waals surface area contributed by atoms with Crippen molar-refractivity contribution in [1.82, 2.24) is 0 Å². The average molecular weight is 564 g/mol. The maximum absolute atomic E-state index is 6.47. The molecule has 0 spiro atoms. The standard InChI is InChI=1S/C42H29NO/c1-2-12-28(13-3-1)32-16-8-10-20-39(32)43(30-23-25-37-36-19-9-11-21-41(36)44-42(37)26-30)40-27-38-31-15-5-4-14-29(31)22-24-34(38)33-17-6-7-18-35(33)40/h1-8,10,12-27H,9,11H2. The number of fused-ring (bicyclic) bond motifs is 8. The highest BCUT2D eigenvalue weighted by molar-refractivity contribution is 6.21. The molecule has 0 fully saturated rings. The molecule has 0 N–H and O–H groups in total. The Labute approximate surface area is 255 Å². The van der Waals surface area contributed by atoms with Crippen molar-refractivity contribution >= 4 is 72.5 Å². The first kappa shape index (κ1) is 24.9. The van der Waals surface area contributed by atoms with E-state index in [0.29, 0.717) is 0 Å². The van der Waals surface area contributed by atoms with Crippen molar-refractivity contribution in [2.75, 3.05) is 4.90 Å². The largest absolute Gasteiger partial charge is 0.456 e. The first-order valence-electron chi connectivity index (χ1n) is 15.3. The summed E-state index contributed by atoms with van der Waals surface area (Å²) < 4.78 is 6.47. The summed E-state index contributed by atoms with van der Waals surface area (Å²) >= 11 is 0. The summed E-state index contributed by atoms with van der Waals surface area (Å²) in [6.45, 7) is 0. The van der Waals surface area contributed by atoms with Crippen molar-refractivity contribution in [3.63, 3.8) is 0 Å². The van der Waals surface area contributed by atoms with E-state index in [1.807, 2.05) is 0 Å². The third kappa shape index (κ3) is 3.88. The number of rotatable bonds is 4. The molecule has 0 aliphatic heterocycles. The maximum Gasteiger partial charge on any atom is 0.137 e. The highest BCUT2D eigenvalue weighted by Crippen LogP contribution is 2.46. The molecule has 7 aromatic carbocycles. The van der Waals surface area contributed by atoms with Crippen LogP contribution < -0.4 is 15.5 Å². The number of anilines is 3. The molecule has 0 radical (unpaired) electrons. The fraction of sp³-hybridized carbons (Fsp3) is 0.0476. The number of furan rings is 1. The number of hydrogen-bond donors (Lipinski definition) is 0. The van der Waals surface area contributed by atoms with Crippen molar-refractivity contribution in [2.45, 2.75) is 12.8 Å².